The largest absolute Gasteiger partial charge is 0.342 e. The number of carbonyl (C=O) groups excluding carboxylic acids is 1. The Bertz CT molecular complexity index is 1140. The van der Waals surface area contributed by atoms with E-state index >= 15 is 0 Å². The number of imidazole rings is 1. The molecule has 0 saturated heterocycles. The minimum absolute atomic E-state index is 0.0196. The number of hydrogen-bond acceptors (Lipinski definition) is 5. The van der Waals surface area contributed by atoms with Gasteiger partial charge in [-0.3, -0.25) is 4.79 Å². The number of aromatic nitrogens is 2. The molecule has 0 aliphatic heterocycles. The smallest absolute Gasteiger partial charge is 0.240 e. The number of aryl methyl sites for hydroxylation is 1. The van der Waals surface area contributed by atoms with Crippen molar-refractivity contribution in [3.8, 4) is 0 Å². The molecule has 9 heteroatoms. The number of likely N-dealkylation sites (N-methyl/N-ethyl adjacent to an activating group) is 1. The van der Waals surface area contributed by atoms with Crippen LogP contribution in [0.5, 0.6) is 0 Å². The lowest BCUT2D eigenvalue weighted by Crippen LogP contribution is -2.34. The average molecular weight is 447 g/mol. The van der Waals surface area contributed by atoms with Crippen molar-refractivity contribution in [2.45, 2.75) is 42.6 Å². The number of rotatable bonds is 8. The molecule has 0 aliphatic rings. The van der Waals surface area contributed by atoms with Crippen LogP contribution in [-0.4, -0.2) is 41.9 Å². The Labute approximate surface area is 181 Å². The van der Waals surface area contributed by atoms with Gasteiger partial charge in [0, 0.05) is 19.6 Å². The molecule has 1 atom stereocenters. The first-order valence-corrected chi connectivity index (χ1v) is 12.3. The highest BCUT2D eigenvalue weighted by molar-refractivity contribution is 8.00. The fraction of sp³-hybridized carbons (Fsp3) is 0.333. The summed E-state index contributed by atoms with van der Waals surface area (Å²) in [6.45, 7) is 7.80. The summed E-state index contributed by atoms with van der Waals surface area (Å²) >= 11 is 1.38. The number of amides is 1. The lowest BCUT2D eigenvalue weighted by Gasteiger charge is -2.25. The topological polar surface area (TPSA) is 98.3 Å². The SMILES string of the molecule is CCN(CC)C(=O)[C@@H](Sc1nc2cc(S(N)(=O)=O)ccc2n1CC)c1ccccc1. The first-order valence-electron chi connectivity index (χ1n) is 9.83. The Hall–Kier alpha value is -2.36. The summed E-state index contributed by atoms with van der Waals surface area (Å²) in [4.78, 5) is 19.8. The first kappa shape index (κ1) is 22.3. The molecule has 0 fully saturated rings. The van der Waals surface area contributed by atoms with Crippen molar-refractivity contribution in [1.82, 2.24) is 14.5 Å². The Morgan fingerprint density at radius 2 is 1.80 bits per heavy atom. The third-order valence-corrected chi connectivity index (χ3v) is 7.10. The molecule has 3 rings (SSSR count). The fourth-order valence-corrected chi connectivity index (χ4v) is 5.15. The van der Waals surface area contributed by atoms with Crippen molar-refractivity contribution in [2.75, 3.05) is 13.1 Å². The standard InChI is InChI=1S/C21H26N4O3S2/c1-4-24(5-2)20(26)19(15-10-8-7-9-11-15)29-21-23-17-14-16(30(22,27)28)12-13-18(17)25(21)6-3/h7-14,19H,4-6H2,1-3H3,(H2,22,27,28)/t19-/m0/s1. The summed E-state index contributed by atoms with van der Waals surface area (Å²) in [5.41, 5.74) is 2.24. The van der Waals surface area contributed by atoms with Crippen LogP contribution < -0.4 is 5.14 Å². The molecule has 2 aromatic carbocycles. The van der Waals surface area contributed by atoms with E-state index in [0.29, 0.717) is 30.3 Å². The third kappa shape index (κ3) is 4.53. The lowest BCUT2D eigenvalue weighted by molar-refractivity contribution is -0.130. The second kappa shape index (κ2) is 9.20. The maximum absolute atomic E-state index is 13.3. The zero-order valence-corrected chi connectivity index (χ0v) is 18.9. The molecule has 0 aliphatic carbocycles. The van der Waals surface area contributed by atoms with Crippen LogP contribution in [0.4, 0.5) is 0 Å². The lowest BCUT2D eigenvalue weighted by atomic mass is 10.1. The summed E-state index contributed by atoms with van der Waals surface area (Å²) in [5, 5.41) is 5.48. The van der Waals surface area contributed by atoms with E-state index < -0.39 is 15.3 Å². The molecule has 1 amide bonds. The van der Waals surface area contributed by atoms with Crippen LogP contribution in [-0.2, 0) is 21.4 Å². The van der Waals surface area contributed by atoms with E-state index in [9.17, 15) is 13.2 Å². The van der Waals surface area contributed by atoms with Crippen LogP contribution in [0.25, 0.3) is 11.0 Å². The Morgan fingerprint density at radius 3 is 2.37 bits per heavy atom. The van der Waals surface area contributed by atoms with Gasteiger partial charge in [0.05, 0.1) is 15.9 Å². The van der Waals surface area contributed by atoms with Gasteiger partial charge in [-0.2, -0.15) is 0 Å². The van der Waals surface area contributed by atoms with Crippen LogP contribution in [0, 0.1) is 0 Å². The molecule has 160 valence electrons. The quantitative estimate of drug-likeness (QED) is 0.535. The number of nitrogens with two attached hydrogens (primary N) is 1. The maximum atomic E-state index is 13.3. The van der Waals surface area contributed by atoms with E-state index in [0.717, 1.165) is 11.1 Å². The summed E-state index contributed by atoms with van der Waals surface area (Å²) in [7, 11) is -3.82. The summed E-state index contributed by atoms with van der Waals surface area (Å²) in [6.07, 6.45) is 0. The van der Waals surface area contributed by atoms with Crippen molar-refractivity contribution in [2.24, 2.45) is 5.14 Å². The molecule has 0 spiro atoms. The molecule has 1 heterocycles. The number of thioether (sulfide) groups is 1. The van der Waals surface area contributed by atoms with E-state index in [1.54, 1.807) is 6.07 Å². The van der Waals surface area contributed by atoms with E-state index in [1.165, 1.54) is 23.9 Å². The van der Waals surface area contributed by atoms with Gasteiger partial charge in [-0.25, -0.2) is 18.5 Å². The Balaban J connectivity index is 2.08. The summed E-state index contributed by atoms with van der Waals surface area (Å²) in [5.74, 6) is 0.0242. The molecule has 7 nitrogen and oxygen atoms in total. The highest BCUT2D eigenvalue weighted by Crippen LogP contribution is 2.38. The van der Waals surface area contributed by atoms with Crippen molar-refractivity contribution in [3.63, 3.8) is 0 Å². The molecule has 30 heavy (non-hydrogen) atoms. The van der Waals surface area contributed by atoms with Gasteiger partial charge in [0.15, 0.2) is 5.16 Å². The summed E-state index contributed by atoms with van der Waals surface area (Å²) < 4.78 is 25.4. The third-order valence-electron chi connectivity index (χ3n) is 4.95. The predicted octanol–water partition coefficient (Wildman–Crippen LogP) is 3.41. The number of hydrogen-bond donors (Lipinski definition) is 1. The number of carbonyl (C=O) groups is 1. The summed E-state index contributed by atoms with van der Waals surface area (Å²) in [6, 6.07) is 14.3. The van der Waals surface area contributed by atoms with Crippen LogP contribution in [0.2, 0.25) is 0 Å². The molecular formula is C21H26N4O3S2. The van der Waals surface area contributed by atoms with E-state index in [4.69, 9.17) is 5.14 Å². The number of sulfonamides is 1. The maximum Gasteiger partial charge on any atom is 0.240 e. The zero-order chi connectivity index (χ0) is 21.9. The van der Waals surface area contributed by atoms with Crippen molar-refractivity contribution in [1.29, 1.82) is 0 Å². The molecule has 0 saturated carbocycles. The second-order valence-electron chi connectivity index (χ2n) is 6.75. The monoisotopic (exact) mass is 446 g/mol. The zero-order valence-electron chi connectivity index (χ0n) is 17.3. The molecular weight excluding hydrogens is 420 g/mol. The number of fused-ring (bicyclic) bond motifs is 1. The predicted molar refractivity (Wildman–Crippen MR) is 120 cm³/mol. The van der Waals surface area contributed by atoms with Crippen LogP contribution in [0.3, 0.4) is 0 Å². The molecule has 0 radical (unpaired) electrons. The van der Waals surface area contributed by atoms with Gasteiger partial charge < -0.3 is 9.47 Å². The minimum atomic E-state index is -3.82. The number of benzene rings is 2. The van der Waals surface area contributed by atoms with Gasteiger partial charge in [0.1, 0.15) is 5.25 Å². The van der Waals surface area contributed by atoms with Gasteiger partial charge in [0.2, 0.25) is 15.9 Å². The van der Waals surface area contributed by atoms with E-state index in [2.05, 4.69) is 4.98 Å². The fourth-order valence-electron chi connectivity index (χ4n) is 3.36. The Morgan fingerprint density at radius 1 is 1.13 bits per heavy atom. The molecule has 0 bridgehead atoms. The molecule has 3 aromatic rings. The van der Waals surface area contributed by atoms with Crippen LogP contribution in [0.15, 0.2) is 58.6 Å². The molecule has 0 unspecified atom stereocenters. The normalized spacial score (nSPS) is 12.8. The van der Waals surface area contributed by atoms with Crippen LogP contribution in [0.1, 0.15) is 31.6 Å². The number of nitrogens with zero attached hydrogens (tertiary/aromatic N) is 3. The minimum Gasteiger partial charge on any atom is -0.342 e. The molecule has 1 aromatic heterocycles. The second-order valence-corrected chi connectivity index (χ2v) is 9.39. The van der Waals surface area contributed by atoms with Crippen molar-refractivity contribution >= 4 is 38.7 Å². The van der Waals surface area contributed by atoms with E-state index in [1.807, 2.05) is 60.6 Å². The van der Waals surface area contributed by atoms with Gasteiger partial charge in [-0.05, 0) is 44.5 Å². The van der Waals surface area contributed by atoms with Gasteiger partial charge in [0.25, 0.3) is 0 Å². The van der Waals surface area contributed by atoms with Crippen molar-refractivity contribution < 1.29 is 13.2 Å². The highest BCUT2D eigenvalue weighted by atomic mass is 32.2. The number of primary sulfonamides is 1. The van der Waals surface area contributed by atoms with Gasteiger partial charge in [-0.15, -0.1) is 0 Å². The van der Waals surface area contributed by atoms with Gasteiger partial charge >= 0.3 is 0 Å². The highest BCUT2D eigenvalue weighted by Gasteiger charge is 2.28. The first-order chi connectivity index (χ1) is 14.3. The Kier molecular flexibility index (Phi) is 6.84. The van der Waals surface area contributed by atoms with E-state index in [-0.39, 0.29) is 10.8 Å². The molecule has 2 N–H and O–H groups in total. The van der Waals surface area contributed by atoms with Crippen molar-refractivity contribution in [3.05, 3.63) is 54.1 Å². The van der Waals surface area contributed by atoms with Crippen LogP contribution >= 0.6 is 11.8 Å². The van der Waals surface area contributed by atoms with Gasteiger partial charge in [-0.1, -0.05) is 42.1 Å². The average Bonchev–Trinajstić information content (AvgIpc) is 3.09.